The van der Waals surface area contributed by atoms with Gasteiger partial charge in [-0.05, 0) is 24.3 Å². The van der Waals surface area contributed by atoms with Crippen LogP contribution in [0.4, 0.5) is 5.69 Å². The lowest BCUT2D eigenvalue weighted by molar-refractivity contribution is 0.166. The SMILES string of the molecule is CS(=O)(=O)NCC(c1ccco1)N1CCN(c2ccccc2)CC1. The van der Waals surface area contributed by atoms with Gasteiger partial charge in [0.1, 0.15) is 5.76 Å². The molecule has 0 aliphatic carbocycles. The Labute approximate surface area is 143 Å². The molecule has 6 nitrogen and oxygen atoms in total. The summed E-state index contributed by atoms with van der Waals surface area (Å²) in [7, 11) is -3.23. The van der Waals surface area contributed by atoms with Gasteiger partial charge in [0.05, 0.1) is 18.6 Å². The van der Waals surface area contributed by atoms with Crippen LogP contribution in [0, 0.1) is 0 Å². The van der Waals surface area contributed by atoms with Crippen LogP contribution in [0.5, 0.6) is 0 Å². The molecule has 1 aromatic heterocycles. The summed E-state index contributed by atoms with van der Waals surface area (Å²) in [5.74, 6) is 0.791. The van der Waals surface area contributed by atoms with Gasteiger partial charge in [0.15, 0.2) is 0 Å². The third-order valence-corrected chi connectivity index (χ3v) is 4.98. The molecule has 0 amide bonds. The average molecular weight is 349 g/mol. The molecule has 3 rings (SSSR count). The predicted molar refractivity (Wildman–Crippen MR) is 94.5 cm³/mol. The number of furan rings is 1. The molecule has 1 unspecified atom stereocenters. The lowest BCUT2D eigenvalue weighted by Gasteiger charge is -2.39. The van der Waals surface area contributed by atoms with Crippen molar-refractivity contribution < 1.29 is 12.8 Å². The number of sulfonamides is 1. The molecule has 1 aliphatic heterocycles. The first-order chi connectivity index (χ1) is 11.5. The van der Waals surface area contributed by atoms with Gasteiger partial charge in [-0.3, -0.25) is 4.90 Å². The molecule has 1 atom stereocenters. The first-order valence-corrected chi connectivity index (χ1v) is 9.94. The van der Waals surface area contributed by atoms with E-state index in [0.717, 1.165) is 31.9 Å². The minimum Gasteiger partial charge on any atom is -0.468 e. The van der Waals surface area contributed by atoms with Crippen LogP contribution in [-0.4, -0.2) is 52.3 Å². The van der Waals surface area contributed by atoms with Gasteiger partial charge in [-0.15, -0.1) is 0 Å². The van der Waals surface area contributed by atoms with Gasteiger partial charge in [0, 0.05) is 38.4 Å². The van der Waals surface area contributed by atoms with E-state index in [1.54, 1.807) is 6.26 Å². The fourth-order valence-electron chi connectivity index (χ4n) is 3.05. The Morgan fingerprint density at radius 1 is 1.08 bits per heavy atom. The monoisotopic (exact) mass is 349 g/mol. The molecule has 1 aromatic carbocycles. The van der Waals surface area contributed by atoms with Gasteiger partial charge in [-0.2, -0.15) is 0 Å². The molecule has 2 aromatic rings. The molecule has 2 heterocycles. The molecular formula is C17H23N3O3S. The van der Waals surface area contributed by atoms with Crippen LogP contribution in [0.15, 0.2) is 53.1 Å². The maximum atomic E-state index is 11.5. The van der Waals surface area contributed by atoms with Crippen molar-refractivity contribution in [1.29, 1.82) is 0 Å². The van der Waals surface area contributed by atoms with Gasteiger partial charge in [-0.25, -0.2) is 13.1 Å². The van der Waals surface area contributed by atoms with E-state index in [-0.39, 0.29) is 6.04 Å². The van der Waals surface area contributed by atoms with Crippen molar-refractivity contribution in [3.8, 4) is 0 Å². The zero-order chi connectivity index (χ0) is 17.0. The number of rotatable bonds is 6. The number of hydrogen-bond donors (Lipinski definition) is 1. The number of nitrogens with zero attached hydrogens (tertiary/aromatic N) is 2. The molecule has 24 heavy (non-hydrogen) atoms. The van der Waals surface area contributed by atoms with E-state index >= 15 is 0 Å². The first-order valence-electron chi connectivity index (χ1n) is 8.05. The summed E-state index contributed by atoms with van der Waals surface area (Å²) >= 11 is 0. The molecule has 0 radical (unpaired) electrons. The fraction of sp³-hybridized carbons (Fsp3) is 0.412. The van der Waals surface area contributed by atoms with E-state index in [1.807, 2.05) is 30.3 Å². The highest BCUT2D eigenvalue weighted by molar-refractivity contribution is 7.88. The minimum atomic E-state index is -3.23. The van der Waals surface area contributed by atoms with Crippen molar-refractivity contribution in [2.24, 2.45) is 0 Å². The maximum Gasteiger partial charge on any atom is 0.208 e. The molecule has 130 valence electrons. The second-order valence-electron chi connectivity index (χ2n) is 6.01. The fourth-order valence-corrected chi connectivity index (χ4v) is 3.51. The van der Waals surface area contributed by atoms with E-state index in [2.05, 4.69) is 26.7 Å². The Bertz CT molecular complexity index is 724. The molecule has 1 fully saturated rings. The molecule has 1 aliphatic rings. The zero-order valence-corrected chi connectivity index (χ0v) is 14.6. The number of anilines is 1. The highest BCUT2D eigenvalue weighted by Crippen LogP contribution is 2.24. The minimum absolute atomic E-state index is 0.0901. The van der Waals surface area contributed by atoms with Crippen molar-refractivity contribution in [3.05, 3.63) is 54.5 Å². The summed E-state index contributed by atoms with van der Waals surface area (Å²) in [4.78, 5) is 4.62. The number of para-hydroxylation sites is 1. The van der Waals surface area contributed by atoms with Crippen molar-refractivity contribution in [3.63, 3.8) is 0 Å². The normalized spacial score (nSPS) is 17.8. The summed E-state index contributed by atoms with van der Waals surface area (Å²) in [6, 6.07) is 14.0. The number of nitrogens with one attached hydrogen (secondary N) is 1. The van der Waals surface area contributed by atoms with Crippen LogP contribution >= 0.6 is 0 Å². The number of benzene rings is 1. The highest BCUT2D eigenvalue weighted by Gasteiger charge is 2.27. The first kappa shape index (κ1) is 17.0. The third-order valence-electron chi connectivity index (χ3n) is 4.29. The van der Waals surface area contributed by atoms with E-state index in [9.17, 15) is 8.42 Å². The lowest BCUT2D eigenvalue weighted by atomic mass is 10.1. The van der Waals surface area contributed by atoms with Gasteiger partial charge >= 0.3 is 0 Å². The van der Waals surface area contributed by atoms with Gasteiger partial charge in [-0.1, -0.05) is 18.2 Å². The smallest absolute Gasteiger partial charge is 0.208 e. The van der Waals surface area contributed by atoms with Gasteiger partial charge < -0.3 is 9.32 Å². The van der Waals surface area contributed by atoms with E-state index in [4.69, 9.17) is 4.42 Å². The second kappa shape index (κ2) is 7.38. The summed E-state index contributed by atoms with van der Waals surface area (Å²) in [6.45, 7) is 3.83. The summed E-state index contributed by atoms with van der Waals surface area (Å²) in [5.41, 5.74) is 1.22. The topological polar surface area (TPSA) is 65.8 Å². The summed E-state index contributed by atoms with van der Waals surface area (Å²) in [6.07, 6.45) is 2.81. The van der Waals surface area contributed by atoms with Crippen LogP contribution in [-0.2, 0) is 10.0 Å². The van der Waals surface area contributed by atoms with Crippen LogP contribution in [0.2, 0.25) is 0 Å². The molecular weight excluding hydrogens is 326 g/mol. The van der Waals surface area contributed by atoms with Gasteiger partial charge in [0.2, 0.25) is 10.0 Å². The molecule has 0 saturated carbocycles. The quantitative estimate of drug-likeness (QED) is 0.860. The Hall–Kier alpha value is -1.83. The van der Waals surface area contributed by atoms with Crippen LogP contribution in [0.1, 0.15) is 11.8 Å². The summed E-state index contributed by atoms with van der Waals surface area (Å²) < 4.78 is 31.1. The van der Waals surface area contributed by atoms with Crippen molar-refractivity contribution >= 4 is 15.7 Å². The largest absolute Gasteiger partial charge is 0.468 e. The third kappa shape index (κ3) is 4.37. The standard InChI is InChI=1S/C17H23N3O3S/c1-24(21,22)18-14-16(17-8-5-13-23-17)20-11-9-19(10-12-20)15-6-3-2-4-7-15/h2-8,13,16,18H,9-12,14H2,1H3. The molecule has 0 bridgehead atoms. The Morgan fingerprint density at radius 3 is 2.38 bits per heavy atom. The number of piperazine rings is 1. The second-order valence-corrected chi connectivity index (χ2v) is 7.84. The predicted octanol–water partition coefficient (Wildman–Crippen LogP) is 1.69. The Kier molecular flexibility index (Phi) is 5.23. The molecule has 1 saturated heterocycles. The molecule has 7 heteroatoms. The molecule has 1 N–H and O–H groups in total. The van der Waals surface area contributed by atoms with Crippen molar-refractivity contribution in [2.75, 3.05) is 43.9 Å². The average Bonchev–Trinajstić information content (AvgIpc) is 3.10. The molecule has 0 spiro atoms. The van der Waals surface area contributed by atoms with Gasteiger partial charge in [0.25, 0.3) is 0 Å². The van der Waals surface area contributed by atoms with Crippen LogP contribution < -0.4 is 9.62 Å². The summed E-state index contributed by atoms with van der Waals surface area (Å²) in [5, 5.41) is 0. The maximum absolute atomic E-state index is 11.5. The Balaban J connectivity index is 1.66. The highest BCUT2D eigenvalue weighted by atomic mass is 32.2. The van der Waals surface area contributed by atoms with Crippen molar-refractivity contribution in [1.82, 2.24) is 9.62 Å². The van der Waals surface area contributed by atoms with E-state index in [1.165, 1.54) is 11.9 Å². The lowest BCUT2D eigenvalue weighted by Crippen LogP contribution is -2.49. The van der Waals surface area contributed by atoms with Crippen LogP contribution in [0.25, 0.3) is 0 Å². The van der Waals surface area contributed by atoms with E-state index in [0.29, 0.717) is 6.54 Å². The zero-order valence-electron chi connectivity index (χ0n) is 13.8. The number of hydrogen-bond acceptors (Lipinski definition) is 5. The Morgan fingerprint density at radius 2 is 1.79 bits per heavy atom. The van der Waals surface area contributed by atoms with Crippen LogP contribution in [0.3, 0.4) is 0 Å². The van der Waals surface area contributed by atoms with E-state index < -0.39 is 10.0 Å². The van der Waals surface area contributed by atoms with Crippen molar-refractivity contribution in [2.45, 2.75) is 6.04 Å².